The summed E-state index contributed by atoms with van der Waals surface area (Å²) in [6, 6.07) is 9.88. The SMILES string of the molecule is CCCCCCCCC1=C(c2cc(CC)c(CCCCC)c(CC)c2)[N+](=[N-])C(c2cc(CC)c(CCCCC)c(CC)c2)=C1CCCCCCCC.C[CH2][Ni][CH2]C. The minimum absolute atomic E-state index is 1.04. The third-order valence-electron chi connectivity index (χ3n) is 12.2. The molecule has 0 unspecified atom stereocenters. The van der Waals surface area contributed by atoms with E-state index in [2.05, 4.69) is 93.5 Å². The quantitative estimate of drug-likeness (QED) is 0.0426. The van der Waals surface area contributed by atoms with Crippen LogP contribution in [-0.2, 0) is 53.0 Å². The van der Waals surface area contributed by atoms with Crippen LogP contribution in [0.5, 0.6) is 0 Å². The van der Waals surface area contributed by atoms with Crippen molar-refractivity contribution in [3.05, 3.63) is 85.5 Å². The summed E-state index contributed by atoms with van der Waals surface area (Å²) in [5.41, 5.74) is 29.2. The van der Waals surface area contributed by atoms with Gasteiger partial charge in [-0.2, -0.15) is 0 Å². The van der Waals surface area contributed by atoms with Crippen molar-refractivity contribution in [1.29, 1.82) is 0 Å². The van der Waals surface area contributed by atoms with Gasteiger partial charge in [-0.05, 0) is 135 Å². The second kappa shape index (κ2) is 31.0. The standard InChI is InChI=1S/C50H80N2.2C2H5.Ni/c1-9-17-21-23-25-29-33-47-48(34-30-26-24-22-18-10-2)50(44-37-41(15-7)46(32-28-20-12-4)42(16-8)38-44)52(51)49(47)43-35-39(13-5)45(31-27-19-11-3)40(14-6)36-43;2*1-2;/h35-38H,9-34H2,1-8H3;2*1H2,2H3;. The second-order valence-corrected chi connectivity index (χ2v) is 18.4. The van der Waals surface area contributed by atoms with E-state index >= 15 is 0 Å². The zero-order chi connectivity index (χ0) is 41.8. The predicted octanol–water partition coefficient (Wildman–Crippen LogP) is 18.0. The van der Waals surface area contributed by atoms with Gasteiger partial charge in [0.25, 0.3) is 0 Å². The van der Waals surface area contributed by atoms with E-state index in [0.717, 1.165) is 49.9 Å². The van der Waals surface area contributed by atoms with Gasteiger partial charge in [-0.1, -0.05) is 145 Å². The summed E-state index contributed by atoms with van der Waals surface area (Å²) in [7, 11) is 0. The van der Waals surface area contributed by atoms with Crippen molar-refractivity contribution in [3.63, 3.8) is 0 Å². The van der Waals surface area contributed by atoms with Crippen LogP contribution in [0.15, 0.2) is 35.4 Å². The molecule has 1 aliphatic rings. The molecular formula is C54H90N2Ni. The third-order valence-corrected chi connectivity index (χ3v) is 13.2. The van der Waals surface area contributed by atoms with E-state index in [4.69, 9.17) is 0 Å². The number of hydrogen-bond acceptors (Lipinski definition) is 0. The average molecular weight is 826 g/mol. The molecule has 0 saturated carbocycles. The first kappa shape index (κ1) is 51.2. The van der Waals surface area contributed by atoms with Crippen LogP contribution in [0.1, 0.15) is 242 Å². The van der Waals surface area contributed by atoms with Crippen molar-refractivity contribution in [2.24, 2.45) is 0 Å². The van der Waals surface area contributed by atoms with Gasteiger partial charge in [-0.3, -0.25) is 0 Å². The van der Waals surface area contributed by atoms with Gasteiger partial charge >= 0.3 is 39.1 Å². The van der Waals surface area contributed by atoms with Crippen LogP contribution in [0.25, 0.3) is 16.9 Å². The number of nitrogens with zero attached hydrogens (tertiary/aromatic N) is 2. The van der Waals surface area contributed by atoms with Crippen LogP contribution in [0.2, 0.25) is 10.8 Å². The van der Waals surface area contributed by atoms with Crippen molar-refractivity contribution in [2.45, 2.75) is 247 Å². The third kappa shape index (κ3) is 16.5. The molecule has 326 valence electrons. The molecule has 0 spiro atoms. The summed E-state index contributed by atoms with van der Waals surface area (Å²) in [5.74, 6) is 0. The molecule has 0 atom stereocenters. The minimum atomic E-state index is 1.04. The van der Waals surface area contributed by atoms with Gasteiger partial charge in [-0.25, -0.2) is 4.70 Å². The maximum absolute atomic E-state index is 12.7. The molecule has 2 nitrogen and oxygen atoms in total. The molecule has 1 heterocycles. The van der Waals surface area contributed by atoms with Gasteiger partial charge in [0.15, 0.2) is 0 Å². The zero-order valence-electron chi connectivity index (χ0n) is 39.3. The first-order valence-corrected chi connectivity index (χ1v) is 26.0. The molecule has 0 N–H and O–H groups in total. The summed E-state index contributed by atoms with van der Waals surface area (Å²) >= 11 is 1.82. The Bertz CT molecular complexity index is 1330. The predicted molar refractivity (Wildman–Crippen MR) is 251 cm³/mol. The van der Waals surface area contributed by atoms with Crippen molar-refractivity contribution < 1.29 is 19.1 Å². The van der Waals surface area contributed by atoms with E-state index in [1.165, 1.54) is 184 Å². The van der Waals surface area contributed by atoms with Crippen molar-refractivity contribution in [1.82, 2.24) is 0 Å². The van der Waals surface area contributed by atoms with Gasteiger partial charge in [0.1, 0.15) is 0 Å². The molecule has 0 fully saturated rings. The average Bonchev–Trinajstić information content (AvgIpc) is 3.50. The molecule has 2 aromatic rings. The number of aryl methyl sites for hydroxylation is 4. The Morgan fingerprint density at radius 2 is 0.667 bits per heavy atom. The van der Waals surface area contributed by atoms with Crippen LogP contribution >= 0.6 is 0 Å². The maximum atomic E-state index is 12.7. The van der Waals surface area contributed by atoms with Gasteiger partial charge in [-0.15, -0.1) is 0 Å². The summed E-state index contributed by atoms with van der Waals surface area (Å²) < 4.78 is 1.69. The van der Waals surface area contributed by atoms with E-state index in [1.807, 2.05) is 14.4 Å². The molecule has 3 rings (SSSR count). The molecule has 1 aliphatic heterocycles. The van der Waals surface area contributed by atoms with E-state index in [0.29, 0.717) is 0 Å². The van der Waals surface area contributed by atoms with Gasteiger partial charge in [0.2, 0.25) is 11.4 Å². The van der Waals surface area contributed by atoms with Crippen molar-refractivity contribution in [3.8, 4) is 0 Å². The summed E-state index contributed by atoms with van der Waals surface area (Å²) in [4.78, 5) is 0. The summed E-state index contributed by atoms with van der Waals surface area (Å²) in [6.07, 6.45) is 31.7. The first-order chi connectivity index (χ1) is 27.8. The Balaban J connectivity index is 0.00000210. The second-order valence-electron chi connectivity index (χ2n) is 16.5. The van der Waals surface area contributed by atoms with Crippen molar-refractivity contribution in [2.75, 3.05) is 0 Å². The molecule has 2 aromatic carbocycles. The van der Waals surface area contributed by atoms with Crippen LogP contribution in [0.3, 0.4) is 0 Å². The van der Waals surface area contributed by atoms with Gasteiger partial charge in [0.05, 0.1) is 0 Å². The Morgan fingerprint density at radius 1 is 0.386 bits per heavy atom. The van der Waals surface area contributed by atoms with Crippen LogP contribution in [0.4, 0.5) is 0 Å². The molecule has 0 bridgehead atoms. The fourth-order valence-electron chi connectivity index (χ4n) is 8.98. The number of allylic oxidation sites excluding steroid dienone is 2. The molecule has 57 heavy (non-hydrogen) atoms. The number of benzene rings is 2. The fourth-order valence-corrected chi connectivity index (χ4v) is 9.48. The van der Waals surface area contributed by atoms with Crippen LogP contribution < -0.4 is 0 Å². The Morgan fingerprint density at radius 3 is 0.947 bits per heavy atom. The molecule has 0 saturated heterocycles. The monoisotopic (exact) mass is 825 g/mol. The van der Waals surface area contributed by atoms with E-state index in [9.17, 15) is 5.53 Å². The number of rotatable bonds is 30. The van der Waals surface area contributed by atoms with Crippen LogP contribution in [0, 0.1) is 0 Å². The van der Waals surface area contributed by atoms with E-state index < -0.39 is 0 Å². The first-order valence-electron chi connectivity index (χ1n) is 24.6. The normalized spacial score (nSPS) is 13.0. The Hall–Kier alpha value is -1.99. The molecule has 0 amide bonds. The molecule has 3 heteroatoms. The Kier molecular flexibility index (Phi) is 27.8. The van der Waals surface area contributed by atoms with E-state index in [1.54, 1.807) is 15.8 Å². The van der Waals surface area contributed by atoms with Gasteiger partial charge < -0.3 is 5.53 Å². The molecule has 0 radical (unpaired) electrons. The summed E-state index contributed by atoms with van der Waals surface area (Å²) in [5, 5.41) is 2.56. The summed E-state index contributed by atoms with van der Waals surface area (Å²) in [6.45, 7) is 22.9. The number of hydrogen-bond donors (Lipinski definition) is 0. The molecular weight excluding hydrogens is 735 g/mol. The molecule has 0 aromatic heterocycles. The Labute approximate surface area is 361 Å². The van der Waals surface area contributed by atoms with Crippen LogP contribution in [-0.4, -0.2) is 4.70 Å². The fraction of sp³-hybridized carbons (Fsp3) is 0.704. The van der Waals surface area contributed by atoms with Gasteiger partial charge in [0, 0.05) is 22.3 Å². The van der Waals surface area contributed by atoms with E-state index in [-0.39, 0.29) is 0 Å². The number of unbranched alkanes of at least 4 members (excludes halogenated alkanes) is 14. The van der Waals surface area contributed by atoms with Crippen molar-refractivity contribution >= 4 is 11.4 Å². The molecule has 0 aliphatic carbocycles. The topological polar surface area (TPSA) is 25.3 Å². The zero-order valence-corrected chi connectivity index (χ0v) is 40.3.